The molecule has 0 heterocycles. The highest BCUT2D eigenvalue weighted by Crippen LogP contribution is 2.35. The zero-order valence-corrected chi connectivity index (χ0v) is 17.8. The molecule has 0 saturated heterocycles. The van der Waals surface area contributed by atoms with Crippen LogP contribution < -0.4 is 0 Å². The molecule has 0 amide bonds. The lowest BCUT2D eigenvalue weighted by Gasteiger charge is -2.35. The first-order chi connectivity index (χ1) is 10.4. The Labute approximate surface area is 143 Å². The predicted octanol–water partition coefficient (Wildman–Crippen LogP) is 5.23. The van der Waals surface area contributed by atoms with Gasteiger partial charge >= 0.3 is 0 Å². The smallest absolute Gasteiger partial charge is 0.298 e. The highest BCUT2D eigenvalue weighted by atomic mass is 28.4. The number of benzene rings is 1. The second-order valence-corrected chi connectivity index (χ2v) is 17.3. The van der Waals surface area contributed by atoms with Gasteiger partial charge in [-0.2, -0.15) is 0 Å². The average Bonchev–Trinajstić information content (AvgIpc) is 2.34. The quantitative estimate of drug-likeness (QED) is 0.630. The Hall–Kier alpha value is -0.916. The molecule has 0 radical (unpaired) electrons. The first-order valence-corrected chi connectivity index (χ1v) is 15.2. The second kappa shape index (κ2) is 7.77. The molecule has 0 fully saturated rings. The molecular formula is C18H32O3Si2. The van der Waals surface area contributed by atoms with Crippen LogP contribution in [-0.2, 0) is 13.6 Å². The number of carbonyl (C=O) groups is 1. The molecule has 1 aromatic carbocycles. The maximum absolute atomic E-state index is 12.8. The third-order valence-corrected chi connectivity index (χ3v) is 5.11. The molecule has 3 nitrogen and oxygen atoms in total. The van der Waals surface area contributed by atoms with Crippen LogP contribution in [0.4, 0.5) is 0 Å². The molecule has 0 unspecified atom stereocenters. The van der Waals surface area contributed by atoms with E-state index in [0.717, 1.165) is 5.56 Å². The molecule has 1 aromatic rings. The van der Waals surface area contributed by atoms with E-state index in [9.17, 15) is 4.79 Å². The van der Waals surface area contributed by atoms with Crippen molar-refractivity contribution in [2.24, 2.45) is 11.8 Å². The number of hydrogen-bond donors (Lipinski definition) is 0. The van der Waals surface area contributed by atoms with E-state index in [-0.39, 0.29) is 23.9 Å². The Morgan fingerprint density at radius 2 is 1.43 bits per heavy atom. The van der Waals surface area contributed by atoms with Crippen molar-refractivity contribution in [2.75, 3.05) is 0 Å². The van der Waals surface area contributed by atoms with Crippen molar-refractivity contribution in [2.45, 2.75) is 59.2 Å². The largest absolute Gasteiger partial charge is 0.520 e. The van der Waals surface area contributed by atoms with Gasteiger partial charge in [0.15, 0.2) is 8.32 Å². The van der Waals surface area contributed by atoms with Crippen LogP contribution >= 0.6 is 0 Å². The maximum atomic E-state index is 12.8. The summed E-state index contributed by atoms with van der Waals surface area (Å²) in [7, 11) is -3.74. The Balaban J connectivity index is 3.21. The molecular weight excluding hydrogens is 320 g/mol. The van der Waals surface area contributed by atoms with Crippen molar-refractivity contribution in [3.8, 4) is 0 Å². The molecule has 5 heteroatoms. The summed E-state index contributed by atoms with van der Waals surface area (Å²) in [5, 5.41) is 0. The van der Waals surface area contributed by atoms with Gasteiger partial charge in [0.25, 0.3) is 5.97 Å². The van der Waals surface area contributed by atoms with Crippen LogP contribution in [0.5, 0.6) is 0 Å². The lowest BCUT2D eigenvalue weighted by molar-refractivity contribution is -0.145. The normalized spacial score (nSPS) is 15.3. The van der Waals surface area contributed by atoms with Gasteiger partial charge in [-0.1, -0.05) is 44.2 Å². The van der Waals surface area contributed by atoms with E-state index in [0.29, 0.717) is 0 Å². The molecule has 0 aromatic heterocycles. The Bertz CT molecular complexity index is 501. The second-order valence-electron chi connectivity index (χ2n) is 8.36. The molecule has 0 aliphatic heterocycles. The van der Waals surface area contributed by atoms with Gasteiger partial charge in [-0.25, -0.2) is 0 Å². The first kappa shape index (κ1) is 20.1. The van der Waals surface area contributed by atoms with E-state index in [1.54, 1.807) is 0 Å². The van der Waals surface area contributed by atoms with E-state index >= 15 is 0 Å². The minimum Gasteiger partial charge on any atom is -0.520 e. The summed E-state index contributed by atoms with van der Waals surface area (Å²) in [6, 6.07) is 10.1. The van der Waals surface area contributed by atoms with Crippen LogP contribution in [0.25, 0.3) is 0 Å². The standard InChI is InChI=1S/C18H32O3Si2/c1-14(2)16(18(19)21-23(6,7)8)17(20-22(3,4)5)15-12-10-9-11-13-15/h9-14,16-17H,1-8H3/t16-,17+/m0/s1. The molecule has 23 heavy (non-hydrogen) atoms. The summed E-state index contributed by atoms with van der Waals surface area (Å²) >= 11 is 0. The third-order valence-electron chi connectivity index (χ3n) is 3.33. The fourth-order valence-electron chi connectivity index (χ4n) is 2.49. The predicted molar refractivity (Wildman–Crippen MR) is 101 cm³/mol. The molecule has 0 N–H and O–H groups in total. The number of carbonyl (C=O) groups excluding carboxylic acids is 1. The first-order valence-electron chi connectivity index (χ1n) is 8.36. The van der Waals surface area contributed by atoms with E-state index in [2.05, 4.69) is 33.5 Å². The van der Waals surface area contributed by atoms with Crippen LogP contribution in [0, 0.1) is 11.8 Å². The van der Waals surface area contributed by atoms with Crippen molar-refractivity contribution in [1.82, 2.24) is 0 Å². The summed E-state index contributed by atoms with van der Waals surface area (Å²) in [6.45, 7) is 16.7. The average molecular weight is 353 g/mol. The van der Waals surface area contributed by atoms with Crippen LogP contribution in [0.15, 0.2) is 30.3 Å². The van der Waals surface area contributed by atoms with Crippen molar-refractivity contribution < 1.29 is 13.6 Å². The summed E-state index contributed by atoms with van der Waals surface area (Å²) < 4.78 is 12.2. The number of hydrogen-bond acceptors (Lipinski definition) is 3. The Morgan fingerprint density at radius 1 is 0.913 bits per heavy atom. The van der Waals surface area contributed by atoms with Crippen LogP contribution in [0.1, 0.15) is 25.5 Å². The molecule has 0 aliphatic carbocycles. The summed E-state index contributed by atoms with van der Waals surface area (Å²) in [5.74, 6) is -0.248. The Morgan fingerprint density at radius 3 is 1.83 bits per heavy atom. The van der Waals surface area contributed by atoms with Crippen molar-refractivity contribution >= 4 is 22.6 Å². The van der Waals surface area contributed by atoms with Gasteiger partial charge in [0.05, 0.1) is 12.0 Å². The van der Waals surface area contributed by atoms with Gasteiger partial charge in [-0.05, 0) is 50.8 Å². The van der Waals surface area contributed by atoms with E-state index < -0.39 is 16.6 Å². The maximum Gasteiger partial charge on any atom is 0.298 e. The van der Waals surface area contributed by atoms with Crippen molar-refractivity contribution in [3.63, 3.8) is 0 Å². The zero-order chi connectivity index (χ0) is 17.8. The summed E-state index contributed by atoms with van der Waals surface area (Å²) in [4.78, 5) is 12.8. The lowest BCUT2D eigenvalue weighted by atomic mass is 9.86. The van der Waals surface area contributed by atoms with Gasteiger partial charge in [0.2, 0.25) is 8.32 Å². The third kappa shape index (κ3) is 7.02. The summed E-state index contributed by atoms with van der Waals surface area (Å²) in [6.07, 6.45) is -0.244. The molecule has 0 aliphatic rings. The summed E-state index contributed by atoms with van der Waals surface area (Å²) in [5.41, 5.74) is 1.06. The minimum absolute atomic E-state index is 0.119. The van der Waals surface area contributed by atoms with E-state index in [1.807, 2.05) is 50.0 Å². The Kier molecular flexibility index (Phi) is 6.80. The van der Waals surface area contributed by atoms with Gasteiger partial charge in [-0.3, -0.25) is 4.79 Å². The molecule has 1 rings (SSSR count). The van der Waals surface area contributed by atoms with Gasteiger partial charge in [0, 0.05) is 0 Å². The molecule has 2 atom stereocenters. The molecule has 130 valence electrons. The van der Waals surface area contributed by atoms with Crippen LogP contribution in [0.3, 0.4) is 0 Å². The molecule has 0 bridgehead atoms. The topological polar surface area (TPSA) is 35.5 Å². The lowest BCUT2D eigenvalue weighted by Crippen LogP contribution is -2.40. The molecule has 0 saturated carbocycles. The minimum atomic E-state index is -1.93. The monoisotopic (exact) mass is 352 g/mol. The van der Waals surface area contributed by atoms with Gasteiger partial charge in [0.1, 0.15) is 0 Å². The highest BCUT2D eigenvalue weighted by Gasteiger charge is 2.38. The van der Waals surface area contributed by atoms with Gasteiger partial charge < -0.3 is 8.85 Å². The zero-order valence-electron chi connectivity index (χ0n) is 15.8. The van der Waals surface area contributed by atoms with Gasteiger partial charge in [-0.15, -0.1) is 0 Å². The molecule has 0 spiro atoms. The fraction of sp³-hybridized carbons (Fsp3) is 0.611. The van der Waals surface area contributed by atoms with E-state index in [1.165, 1.54) is 0 Å². The SMILES string of the molecule is CC(C)[C@H](C(=O)O[Si](C)(C)C)[C@H](O[Si](C)(C)C)c1ccccc1. The van der Waals surface area contributed by atoms with Crippen LogP contribution in [-0.4, -0.2) is 22.6 Å². The number of rotatable bonds is 7. The fourth-order valence-corrected chi connectivity index (χ4v) is 4.27. The van der Waals surface area contributed by atoms with Crippen molar-refractivity contribution in [3.05, 3.63) is 35.9 Å². The highest BCUT2D eigenvalue weighted by molar-refractivity contribution is 6.71. The van der Waals surface area contributed by atoms with E-state index in [4.69, 9.17) is 8.85 Å². The van der Waals surface area contributed by atoms with Crippen molar-refractivity contribution in [1.29, 1.82) is 0 Å². The van der Waals surface area contributed by atoms with Crippen LogP contribution in [0.2, 0.25) is 39.3 Å².